The Bertz CT molecular complexity index is 434. The molecule has 2 rings (SSSR count). The van der Waals surface area contributed by atoms with E-state index in [1.807, 2.05) is 0 Å². The summed E-state index contributed by atoms with van der Waals surface area (Å²) < 4.78 is 4.94. The van der Waals surface area contributed by atoms with Crippen molar-refractivity contribution in [1.29, 1.82) is 0 Å². The molecule has 2 N–H and O–H groups in total. The van der Waals surface area contributed by atoms with Gasteiger partial charge in [0.05, 0.1) is 12.7 Å². The second-order valence-corrected chi connectivity index (χ2v) is 5.79. The van der Waals surface area contributed by atoms with Crippen LogP contribution in [0.4, 0.5) is 5.69 Å². The molecule has 1 aliphatic heterocycles. The summed E-state index contributed by atoms with van der Waals surface area (Å²) in [6.07, 6.45) is -0.453. The molecular weight excluding hydrogens is 278 g/mol. The molecule has 5 nitrogen and oxygen atoms in total. The average Bonchev–Trinajstić information content (AvgIpc) is 2.56. The molecule has 1 atom stereocenters. The summed E-state index contributed by atoms with van der Waals surface area (Å²) in [6.45, 7) is 9.46. The first-order chi connectivity index (χ1) is 10.7. The molecule has 0 radical (unpaired) electrons. The van der Waals surface area contributed by atoms with Gasteiger partial charge in [-0.25, -0.2) is 0 Å². The van der Waals surface area contributed by atoms with Crippen molar-refractivity contribution in [1.82, 2.24) is 10.2 Å². The maximum atomic E-state index is 9.70. The molecule has 0 amide bonds. The summed E-state index contributed by atoms with van der Waals surface area (Å²) in [6, 6.07) is 8.54. The number of nitrogens with one attached hydrogen (secondary N) is 1. The Morgan fingerprint density at radius 3 is 2.64 bits per heavy atom. The zero-order chi connectivity index (χ0) is 15.8. The number of hydrogen-bond acceptors (Lipinski definition) is 5. The van der Waals surface area contributed by atoms with Gasteiger partial charge in [-0.15, -0.1) is 0 Å². The van der Waals surface area contributed by atoms with Crippen LogP contribution >= 0.6 is 0 Å². The molecule has 1 aliphatic rings. The van der Waals surface area contributed by atoms with Gasteiger partial charge in [0.2, 0.25) is 0 Å². The summed E-state index contributed by atoms with van der Waals surface area (Å²) >= 11 is 0. The third kappa shape index (κ3) is 4.95. The van der Waals surface area contributed by atoms with Crippen molar-refractivity contribution in [3.8, 4) is 0 Å². The Kier molecular flexibility index (Phi) is 7.12. The highest BCUT2D eigenvalue weighted by Crippen LogP contribution is 2.21. The topological polar surface area (TPSA) is 48.0 Å². The standard InChI is InChI=1S/C17H29N3O2/c1-3-19-8-10-20(11-9-19)17-7-5-4-6-15(17)12-18-13-16(21)14-22-2/h4-7,16,18,21H,3,8-14H2,1-2H3. The number of piperazine rings is 1. The first kappa shape index (κ1) is 17.2. The van der Waals surface area contributed by atoms with Crippen LogP contribution in [0.5, 0.6) is 0 Å². The number of nitrogens with zero attached hydrogens (tertiary/aromatic N) is 2. The fourth-order valence-electron chi connectivity index (χ4n) is 2.90. The summed E-state index contributed by atoms with van der Waals surface area (Å²) in [5.41, 5.74) is 2.60. The Morgan fingerprint density at radius 2 is 1.95 bits per heavy atom. The van der Waals surface area contributed by atoms with E-state index in [1.54, 1.807) is 7.11 Å². The van der Waals surface area contributed by atoms with Gasteiger partial charge in [-0.2, -0.15) is 0 Å². The SMILES string of the molecule is CCN1CCN(c2ccccc2CNCC(O)COC)CC1. The first-order valence-electron chi connectivity index (χ1n) is 8.17. The zero-order valence-corrected chi connectivity index (χ0v) is 13.8. The Balaban J connectivity index is 1.90. The van der Waals surface area contributed by atoms with E-state index >= 15 is 0 Å². The van der Waals surface area contributed by atoms with E-state index in [-0.39, 0.29) is 0 Å². The van der Waals surface area contributed by atoms with Gasteiger partial charge >= 0.3 is 0 Å². The number of aliphatic hydroxyl groups is 1. The number of anilines is 1. The van der Waals surface area contributed by atoms with E-state index in [2.05, 4.69) is 46.3 Å². The number of methoxy groups -OCH3 is 1. The predicted octanol–water partition coefficient (Wildman–Crippen LogP) is 0.925. The Hall–Kier alpha value is -1.14. The van der Waals surface area contributed by atoms with Crippen LogP contribution in [0.1, 0.15) is 12.5 Å². The van der Waals surface area contributed by atoms with Crippen molar-refractivity contribution < 1.29 is 9.84 Å². The molecule has 1 aromatic carbocycles. The van der Waals surface area contributed by atoms with E-state index in [4.69, 9.17) is 4.74 Å². The minimum absolute atomic E-state index is 0.369. The molecule has 1 heterocycles. The molecule has 124 valence electrons. The van der Waals surface area contributed by atoms with Gasteiger partial charge in [-0.3, -0.25) is 0 Å². The quantitative estimate of drug-likeness (QED) is 0.748. The largest absolute Gasteiger partial charge is 0.389 e. The van der Waals surface area contributed by atoms with Gasteiger partial charge in [0.15, 0.2) is 0 Å². The van der Waals surface area contributed by atoms with Gasteiger partial charge in [-0.05, 0) is 18.2 Å². The van der Waals surface area contributed by atoms with Crippen molar-refractivity contribution in [2.75, 3.05) is 57.9 Å². The number of benzene rings is 1. The van der Waals surface area contributed by atoms with Crippen molar-refractivity contribution in [3.63, 3.8) is 0 Å². The second-order valence-electron chi connectivity index (χ2n) is 5.79. The lowest BCUT2D eigenvalue weighted by Crippen LogP contribution is -2.46. The van der Waals surface area contributed by atoms with Crippen LogP contribution in [0.3, 0.4) is 0 Å². The molecule has 1 saturated heterocycles. The van der Waals surface area contributed by atoms with Crippen molar-refractivity contribution in [2.45, 2.75) is 19.6 Å². The maximum Gasteiger partial charge on any atom is 0.0897 e. The number of para-hydroxylation sites is 1. The van der Waals surface area contributed by atoms with E-state index in [0.717, 1.165) is 39.3 Å². The summed E-state index contributed by atoms with van der Waals surface area (Å²) in [5.74, 6) is 0. The smallest absolute Gasteiger partial charge is 0.0897 e. The third-order valence-electron chi connectivity index (χ3n) is 4.21. The van der Waals surface area contributed by atoms with E-state index < -0.39 is 6.10 Å². The maximum absolute atomic E-state index is 9.70. The lowest BCUT2D eigenvalue weighted by molar-refractivity contribution is 0.0644. The van der Waals surface area contributed by atoms with Crippen molar-refractivity contribution in [3.05, 3.63) is 29.8 Å². The van der Waals surface area contributed by atoms with Crippen molar-refractivity contribution >= 4 is 5.69 Å². The molecule has 1 aromatic rings. The number of aliphatic hydroxyl groups excluding tert-OH is 1. The summed E-state index contributed by atoms with van der Waals surface area (Å²) in [5, 5.41) is 13.0. The average molecular weight is 307 g/mol. The molecule has 1 unspecified atom stereocenters. The van der Waals surface area contributed by atoms with Gasteiger partial charge in [-0.1, -0.05) is 25.1 Å². The van der Waals surface area contributed by atoms with Gasteiger partial charge in [0.1, 0.15) is 0 Å². The molecule has 5 heteroatoms. The minimum atomic E-state index is -0.453. The van der Waals surface area contributed by atoms with Gasteiger partial charge in [0.25, 0.3) is 0 Å². The molecular formula is C17H29N3O2. The van der Waals surface area contributed by atoms with Crippen LogP contribution in [0.15, 0.2) is 24.3 Å². The van der Waals surface area contributed by atoms with Crippen molar-refractivity contribution in [2.24, 2.45) is 0 Å². The summed E-state index contributed by atoms with van der Waals surface area (Å²) in [7, 11) is 1.61. The Morgan fingerprint density at radius 1 is 1.23 bits per heavy atom. The lowest BCUT2D eigenvalue weighted by atomic mass is 10.1. The third-order valence-corrected chi connectivity index (χ3v) is 4.21. The number of ether oxygens (including phenoxy) is 1. The fraction of sp³-hybridized carbons (Fsp3) is 0.647. The van der Waals surface area contributed by atoms with Gasteiger partial charge < -0.3 is 25.0 Å². The predicted molar refractivity (Wildman–Crippen MR) is 90.4 cm³/mol. The van der Waals surface area contributed by atoms with Crippen LogP contribution in [0.2, 0.25) is 0 Å². The molecule has 0 spiro atoms. The van der Waals surface area contributed by atoms with Crippen LogP contribution in [-0.2, 0) is 11.3 Å². The highest BCUT2D eigenvalue weighted by Gasteiger charge is 2.17. The zero-order valence-electron chi connectivity index (χ0n) is 13.8. The molecule has 0 saturated carbocycles. The molecule has 1 fully saturated rings. The first-order valence-corrected chi connectivity index (χ1v) is 8.17. The monoisotopic (exact) mass is 307 g/mol. The van der Waals surface area contributed by atoms with Crippen LogP contribution in [0, 0.1) is 0 Å². The Labute approximate surface area is 133 Å². The number of rotatable bonds is 8. The second kappa shape index (κ2) is 9.10. The van der Waals surface area contributed by atoms with E-state index in [9.17, 15) is 5.11 Å². The van der Waals surface area contributed by atoms with Crippen LogP contribution in [0.25, 0.3) is 0 Å². The summed E-state index contributed by atoms with van der Waals surface area (Å²) in [4.78, 5) is 4.95. The van der Waals surface area contributed by atoms with E-state index in [1.165, 1.54) is 11.3 Å². The molecule has 0 bridgehead atoms. The molecule has 0 aliphatic carbocycles. The van der Waals surface area contributed by atoms with Crippen LogP contribution < -0.4 is 10.2 Å². The number of likely N-dealkylation sites (N-methyl/N-ethyl adjacent to an activating group) is 1. The van der Waals surface area contributed by atoms with Gasteiger partial charge in [0, 0.05) is 52.1 Å². The number of hydrogen-bond donors (Lipinski definition) is 2. The highest BCUT2D eigenvalue weighted by molar-refractivity contribution is 5.54. The van der Waals surface area contributed by atoms with Crippen LogP contribution in [-0.4, -0.2) is 69.1 Å². The minimum Gasteiger partial charge on any atom is -0.389 e. The van der Waals surface area contributed by atoms with E-state index in [0.29, 0.717) is 13.2 Å². The fourth-order valence-corrected chi connectivity index (χ4v) is 2.90. The lowest BCUT2D eigenvalue weighted by Gasteiger charge is -2.36. The highest BCUT2D eigenvalue weighted by atomic mass is 16.5. The normalized spacial score (nSPS) is 17.7. The molecule has 22 heavy (non-hydrogen) atoms. The molecule has 0 aromatic heterocycles.